The Morgan fingerprint density at radius 1 is 1.00 bits per heavy atom. The molecule has 0 nitrogen and oxygen atoms in total. The second-order valence-corrected chi connectivity index (χ2v) is 5.69. The first-order valence-electron chi connectivity index (χ1n) is 6.43. The average Bonchev–Trinajstić information content (AvgIpc) is 2.23. The van der Waals surface area contributed by atoms with Crippen molar-refractivity contribution < 1.29 is 0 Å². The summed E-state index contributed by atoms with van der Waals surface area (Å²) in [5.74, 6) is 0.911. The fraction of sp³-hybridized carbons (Fsp3) is 1.00. The summed E-state index contributed by atoms with van der Waals surface area (Å²) in [7, 11) is 3.14. The highest BCUT2D eigenvalue weighted by Crippen LogP contribution is 2.39. The monoisotopic (exact) mass is 296 g/mol. The minimum Gasteiger partial charge on any atom is -0.131 e. The van der Waals surface area contributed by atoms with Crippen molar-refractivity contribution in [1.82, 2.24) is 0 Å². The average molecular weight is 297 g/mol. The van der Waals surface area contributed by atoms with E-state index in [1.165, 1.54) is 44.9 Å². The number of unbranched alkanes of at least 4 members (excludes halogenated alkanes) is 2. The molecule has 0 aliphatic rings. The predicted octanol–water partition coefficient (Wildman–Crippen LogP) is 5.60. The molecule has 0 bridgehead atoms. The van der Waals surface area contributed by atoms with Gasteiger partial charge in [0.05, 0.1) is 0 Å². The SMILES string of the molecule is Br.CCCCCC(CC)C(P)(CC)CC. The molecule has 0 radical (unpaired) electrons. The van der Waals surface area contributed by atoms with Crippen LogP contribution >= 0.6 is 26.2 Å². The molecule has 2 heteroatoms. The Bertz CT molecular complexity index is 132. The summed E-state index contributed by atoms with van der Waals surface area (Å²) in [6.07, 6.45) is 9.55. The molecule has 0 aromatic carbocycles. The lowest BCUT2D eigenvalue weighted by atomic mass is 9.81. The van der Waals surface area contributed by atoms with Crippen LogP contribution in [0.1, 0.15) is 72.6 Å². The van der Waals surface area contributed by atoms with E-state index in [-0.39, 0.29) is 17.0 Å². The van der Waals surface area contributed by atoms with E-state index in [1.807, 2.05) is 0 Å². The molecule has 0 fully saturated rings. The normalized spacial score (nSPS) is 13.4. The van der Waals surface area contributed by atoms with Crippen LogP contribution in [0, 0.1) is 5.92 Å². The Morgan fingerprint density at radius 2 is 1.53 bits per heavy atom. The van der Waals surface area contributed by atoms with Crippen LogP contribution in [0.3, 0.4) is 0 Å². The van der Waals surface area contributed by atoms with E-state index in [4.69, 9.17) is 0 Å². The number of rotatable bonds is 8. The van der Waals surface area contributed by atoms with Gasteiger partial charge in [-0.15, -0.1) is 26.2 Å². The Balaban J connectivity index is 0. The molecule has 94 valence electrons. The van der Waals surface area contributed by atoms with Gasteiger partial charge in [-0.2, -0.15) is 0 Å². The highest BCUT2D eigenvalue weighted by molar-refractivity contribution is 8.93. The minimum absolute atomic E-state index is 0. The van der Waals surface area contributed by atoms with Gasteiger partial charge < -0.3 is 0 Å². The van der Waals surface area contributed by atoms with Crippen LogP contribution in [0.4, 0.5) is 0 Å². The highest BCUT2D eigenvalue weighted by atomic mass is 79.9. The maximum atomic E-state index is 3.14. The number of halogens is 1. The topological polar surface area (TPSA) is 0 Å². The van der Waals surface area contributed by atoms with Crippen molar-refractivity contribution in [3.8, 4) is 0 Å². The quantitative estimate of drug-likeness (QED) is 0.404. The molecule has 0 saturated heterocycles. The zero-order valence-corrected chi connectivity index (χ0v) is 13.9. The second-order valence-electron chi connectivity index (χ2n) is 4.54. The Morgan fingerprint density at radius 3 is 1.87 bits per heavy atom. The summed E-state index contributed by atoms with van der Waals surface area (Å²) in [5.41, 5.74) is 0. The van der Waals surface area contributed by atoms with Gasteiger partial charge in [0.2, 0.25) is 0 Å². The van der Waals surface area contributed by atoms with Crippen molar-refractivity contribution in [3.63, 3.8) is 0 Å². The molecule has 0 heterocycles. The van der Waals surface area contributed by atoms with Crippen LogP contribution in [-0.2, 0) is 0 Å². The summed E-state index contributed by atoms with van der Waals surface area (Å²) in [4.78, 5) is 0. The van der Waals surface area contributed by atoms with Crippen LogP contribution in [0.25, 0.3) is 0 Å². The number of hydrogen-bond donors (Lipinski definition) is 0. The largest absolute Gasteiger partial charge is 0.131 e. The molecule has 0 aromatic rings. The molecule has 0 saturated carbocycles. The third-order valence-corrected chi connectivity index (χ3v) is 5.07. The first-order chi connectivity index (χ1) is 6.64. The molecule has 0 aromatic heterocycles. The van der Waals surface area contributed by atoms with E-state index in [0.717, 1.165) is 5.92 Å². The molecule has 0 aliphatic heterocycles. The van der Waals surface area contributed by atoms with Gasteiger partial charge in [0.15, 0.2) is 0 Å². The van der Waals surface area contributed by atoms with E-state index in [0.29, 0.717) is 5.16 Å². The maximum Gasteiger partial charge on any atom is -0.0127 e. The van der Waals surface area contributed by atoms with Crippen molar-refractivity contribution in [3.05, 3.63) is 0 Å². The van der Waals surface area contributed by atoms with Gasteiger partial charge >= 0.3 is 0 Å². The third-order valence-electron chi connectivity index (χ3n) is 3.78. The van der Waals surface area contributed by atoms with E-state index in [2.05, 4.69) is 36.9 Å². The van der Waals surface area contributed by atoms with Gasteiger partial charge in [-0.25, -0.2) is 0 Å². The lowest BCUT2D eigenvalue weighted by molar-refractivity contribution is 0.314. The summed E-state index contributed by atoms with van der Waals surface area (Å²) in [5, 5.41) is 0.516. The lowest BCUT2D eigenvalue weighted by Crippen LogP contribution is -2.29. The first-order valence-corrected chi connectivity index (χ1v) is 7.01. The first kappa shape index (κ1) is 18.3. The number of hydrogen-bond acceptors (Lipinski definition) is 0. The molecule has 0 N–H and O–H groups in total. The van der Waals surface area contributed by atoms with Crippen LogP contribution < -0.4 is 0 Å². The molecule has 0 spiro atoms. The van der Waals surface area contributed by atoms with E-state index < -0.39 is 0 Å². The van der Waals surface area contributed by atoms with Gasteiger partial charge in [-0.1, -0.05) is 53.4 Å². The van der Waals surface area contributed by atoms with Crippen molar-refractivity contribution in [2.75, 3.05) is 0 Å². The Labute approximate surface area is 110 Å². The maximum absolute atomic E-state index is 3.14. The summed E-state index contributed by atoms with van der Waals surface area (Å²) in [6.45, 7) is 9.30. The summed E-state index contributed by atoms with van der Waals surface area (Å²) >= 11 is 0. The van der Waals surface area contributed by atoms with Crippen molar-refractivity contribution in [2.24, 2.45) is 5.92 Å². The van der Waals surface area contributed by atoms with Crippen LogP contribution in [0.5, 0.6) is 0 Å². The second kappa shape index (κ2) is 10.1. The van der Waals surface area contributed by atoms with Crippen molar-refractivity contribution in [1.29, 1.82) is 0 Å². The zero-order chi connectivity index (χ0) is 11.0. The lowest BCUT2D eigenvalue weighted by Gasteiger charge is -2.35. The molecule has 0 aliphatic carbocycles. The van der Waals surface area contributed by atoms with Crippen molar-refractivity contribution >= 4 is 26.2 Å². The molecule has 0 rings (SSSR count). The van der Waals surface area contributed by atoms with Gasteiger partial charge in [0.25, 0.3) is 0 Å². The standard InChI is InChI=1S/C13H29P.BrH/c1-5-9-10-11-12(6-2)13(14,7-3)8-4;/h12H,5-11,14H2,1-4H3;1H. The molecule has 0 amide bonds. The molecule has 15 heavy (non-hydrogen) atoms. The Hall–Kier alpha value is 0.910. The minimum atomic E-state index is 0. The van der Waals surface area contributed by atoms with Gasteiger partial charge in [-0.3, -0.25) is 0 Å². The summed E-state index contributed by atoms with van der Waals surface area (Å²) < 4.78 is 0. The zero-order valence-electron chi connectivity index (χ0n) is 11.0. The van der Waals surface area contributed by atoms with E-state index in [9.17, 15) is 0 Å². The van der Waals surface area contributed by atoms with Gasteiger partial charge in [-0.05, 0) is 30.3 Å². The highest BCUT2D eigenvalue weighted by Gasteiger charge is 2.28. The van der Waals surface area contributed by atoms with Crippen molar-refractivity contribution in [2.45, 2.75) is 77.8 Å². The van der Waals surface area contributed by atoms with Gasteiger partial charge in [0.1, 0.15) is 0 Å². The predicted molar refractivity (Wildman–Crippen MR) is 81.3 cm³/mol. The molecular formula is C13H30BrP. The van der Waals surface area contributed by atoms with E-state index in [1.54, 1.807) is 0 Å². The fourth-order valence-electron chi connectivity index (χ4n) is 2.37. The molecule has 2 unspecified atom stereocenters. The Kier molecular flexibility index (Phi) is 12.3. The molecular weight excluding hydrogens is 267 g/mol. The summed E-state index contributed by atoms with van der Waals surface area (Å²) in [6, 6.07) is 0. The smallest absolute Gasteiger partial charge is 0.0127 e. The third kappa shape index (κ3) is 6.27. The van der Waals surface area contributed by atoms with Crippen LogP contribution in [-0.4, -0.2) is 5.16 Å². The fourth-order valence-corrected chi connectivity index (χ4v) is 2.77. The van der Waals surface area contributed by atoms with Crippen LogP contribution in [0.2, 0.25) is 0 Å². The van der Waals surface area contributed by atoms with E-state index >= 15 is 0 Å². The van der Waals surface area contributed by atoms with Crippen LogP contribution in [0.15, 0.2) is 0 Å². The molecule has 2 atom stereocenters. The van der Waals surface area contributed by atoms with Gasteiger partial charge in [0, 0.05) is 0 Å².